The van der Waals surface area contributed by atoms with E-state index in [2.05, 4.69) is 10.3 Å². The molecular formula is C15H15ClN2O. The van der Waals surface area contributed by atoms with Crippen molar-refractivity contribution in [2.24, 2.45) is 0 Å². The molecule has 0 aliphatic rings. The summed E-state index contributed by atoms with van der Waals surface area (Å²) in [7, 11) is 1.84. The van der Waals surface area contributed by atoms with Gasteiger partial charge in [-0.15, -0.1) is 0 Å². The van der Waals surface area contributed by atoms with Crippen LogP contribution in [0.5, 0.6) is 0 Å². The van der Waals surface area contributed by atoms with Gasteiger partial charge in [0.25, 0.3) is 0 Å². The Morgan fingerprint density at radius 2 is 2.16 bits per heavy atom. The van der Waals surface area contributed by atoms with Crippen LogP contribution >= 0.6 is 11.6 Å². The fourth-order valence-corrected chi connectivity index (χ4v) is 2.19. The van der Waals surface area contributed by atoms with Crippen LogP contribution in [0.25, 0.3) is 0 Å². The molecule has 0 saturated carbocycles. The summed E-state index contributed by atoms with van der Waals surface area (Å²) < 4.78 is 0. The molecular weight excluding hydrogens is 260 g/mol. The van der Waals surface area contributed by atoms with Crippen LogP contribution < -0.4 is 5.32 Å². The quantitative estimate of drug-likeness (QED) is 0.868. The minimum atomic E-state index is -0.0762. The van der Waals surface area contributed by atoms with E-state index in [1.54, 1.807) is 18.3 Å². The zero-order chi connectivity index (χ0) is 13.8. The van der Waals surface area contributed by atoms with E-state index in [-0.39, 0.29) is 12.2 Å². The summed E-state index contributed by atoms with van der Waals surface area (Å²) in [6.07, 6.45) is 1.86. The number of pyridine rings is 1. The summed E-state index contributed by atoms with van der Waals surface area (Å²) >= 11 is 5.99. The first-order chi connectivity index (χ1) is 9.11. The Kier molecular flexibility index (Phi) is 4.17. The maximum absolute atomic E-state index is 12.2. The Bertz CT molecular complexity index is 611. The molecule has 0 aliphatic heterocycles. The zero-order valence-corrected chi connectivity index (χ0v) is 11.7. The van der Waals surface area contributed by atoms with Crippen LogP contribution in [0.1, 0.15) is 21.6 Å². The first-order valence-corrected chi connectivity index (χ1v) is 6.40. The average molecular weight is 275 g/mol. The summed E-state index contributed by atoms with van der Waals surface area (Å²) in [6.45, 7) is 2.00. The van der Waals surface area contributed by atoms with Gasteiger partial charge in [0.05, 0.1) is 5.02 Å². The number of carbonyl (C=O) groups excluding carboxylic acids is 1. The lowest BCUT2D eigenvalue weighted by Gasteiger charge is -2.10. The van der Waals surface area contributed by atoms with Crippen LogP contribution in [0, 0.1) is 6.92 Å². The Morgan fingerprint density at radius 1 is 1.37 bits per heavy atom. The van der Waals surface area contributed by atoms with E-state index in [9.17, 15) is 4.79 Å². The lowest BCUT2D eigenvalue weighted by Crippen LogP contribution is -2.08. The topological polar surface area (TPSA) is 42.0 Å². The van der Waals surface area contributed by atoms with E-state index < -0.39 is 0 Å². The molecule has 2 rings (SSSR count). The van der Waals surface area contributed by atoms with E-state index in [1.165, 1.54) is 0 Å². The molecule has 0 radical (unpaired) electrons. The molecule has 2 aromatic rings. The van der Waals surface area contributed by atoms with E-state index in [0.717, 1.165) is 16.8 Å². The molecule has 1 N–H and O–H groups in total. The molecule has 0 atom stereocenters. The molecule has 0 amide bonds. The molecule has 1 heterocycles. The highest BCUT2D eigenvalue weighted by atomic mass is 35.5. The number of benzene rings is 1. The summed E-state index contributed by atoms with van der Waals surface area (Å²) in [5.74, 6) is -0.0762. The number of Topliss-reactive ketones (excluding diaryl/α,β-unsaturated/α-hetero) is 1. The summed E-state index contributed by atoms with van der Waals surface area (Å²) in [6, 6.07) is 9.37. The van der Waals surface area contributed by atoms with Crippen molar-refractivity contribution in [1.82, 2.24) is 4.98 Å². The number of carbonyl (C=O) groups is 1. The molecule has 19 heavy (non-hydrogen) atoms. The third kappa shape index (κ3) is 3.12. The van der Waals surface area contributed by atoms with E-state index in [0.29, 0.717) is 10.7 Å². The van der Waals surface area contributed by atoms with Crippen LogP contribution in [0.4, 0.5) is 5.69 Å². The lowest BCUT2D eigenvalue weighted by molar-refractivity contribution is 0.0988. The number of aromatic nitrogens is 1. The summed E-state index contributed by atoms with van der Waals surface area (Å²) in [5.41, 5.74) is 3.35. The van der Waals surface area contributed by atoms with Gasteiger partial charge in [0.2, 0.25) is 0 Å². The molecule has 3 nitrogen and oxygen atoms in total. The van der Waals surface area contributed by atoms with Gasteiger partial charge < -0.3 is 5.32 Å². The van der Waals surface area contributed by atoms with Crippen molar-refractivity contribution in [3.05, 3.63) is 58.4 Å². The molecule has 1 aromatic heterocycles. The van der Waals surface area contributed by atoms with Crippen LogP contribution in [0.2, 0.25) is 5.02 Å². The highest BCUT2D eigenvalue weighted by molar-refractivity contribution is 6.33. The second kappa shape index (κ2) is 5.85. The number of nitrogens with one attached hydrogen (secondary N) is 1. The van der Waals surface area contributed by atoms with Crippen molar-refractivity contribution in [2.45, 2.75) is 13.3 Å². The van der Waals surface area contributed by atoms with Gasteiger partial charge in [-0.25, -0.2) is 0 Å². The van der Waals surface area contributed by atoms with Crippen LogP contribution in [0.3, 0.4) is 0 Å². The Balaban J connectivity index is 2.29. The van der Waals surface area contributed by atoms with Crippen LogP contribution in [-0.4, -0.2) is 17.8 Å². The van der Waals surface area contributed by atoms with Crippen molar-refractivity contribution in [3.63, 3.8) is 0 Å². The maximum atomic E-state index is 12.2. The van der Waals surface area contributed by atoms with Crippen molar-refractivity contribution >= 4 is 23.1 Å². The fourth-order valence-electron chi connectivity index (χ4n) is 1.96. The first-order valence-electron chi connectivity index (χ1n) is 6.03. The molecule has 0 unspecified atom stereocenters. The van der Waals surface area contributed by atoms with Crippen LogP contribution in [0.15, 0.2) is 36.5 Å². The first kappa shape index (κ1) is 13.6. The number of rotatable bonds is 4. The van der Waals surface area contributed by atoms with Crippen molar-refractivity contribution in [3.8, 4) is 0 Å². The third-order valence-electron chi connectivity index (χ3n) is 2.90. The zero-order valence-electron chi connectivity index (χ0n) is 10.9. The SMILES string of the molecule is CNc1ccc(C)cc1CC(=O)c1ncccc1Cl. The van der Waals surface area contributed by atoms with Crippen LogP contribution in [-0.2, 0) is 6.42 Å². The lowest BCUT2D eigenvalue weighted by atomic mass is 10.0. The normalized spacial score (nSPS) is 10.3. The van der Waals surface area contributed by atoms with Gasteiger partial charge in [-0.1, -0.05) is 29.3 Å². The van der Waals surface area contributed by atoms with Gasteiger partial charge in [0.1, 0.15) is 5.69 Å². The Morgan fingerprint density at radius 3 is 2.84 bits per heavy atom. The minimum absolute atomic E-state index is 0.0762. The van der Waals surface area contributed by atoms with E-state index in [1.807, 2.05) is 32.2 Å². The number of aryl methyl sites for hydroxylation is 1. The van der Waals surface area contributed by atoms with Crippen molar-refractivity contribution in [2.75, 3.05) is 12.4 Å². The second-order valence-electron chi connectivity index (χ2n) is 4.34. The van der Waals surface area contributed by atoms with Gasteiger partial charge >= 0.3 is 0 Å². The molecule has 0 bridgehead atoms. The average Bonchev–Trinajstić information content (AvgIpc) is 2.39. The van der Waals surface area contributed by atoms with Gasteiger partial charge in [-0.05, 0) is 30.7 Å². The Hall–Kier alpha value is -1.87. The number of nitrogens with zero attached hydrogens (tertiary/aromatic N) is 1. The highest BCUT2D eigenvalue weighted by Crippen LogP contribution is 2.20. The highest BCUT2D eigenvalue weighted by Gasteiger charge is 2.14. The number of anilines is 1. The second-order valence-corrected chi connectivity index (χ2v) is 4.75. The van der Waals surface area contributed by atoms with E-state index >= 15 is 0 Å². The predicted octanol–water partition coefficient (Wildman–Crippen LogP) is 3.51. The molecule has 0 spiro atoms. The van der Waals surface area contributed by atoms with Crippen molar-refractivity contribution in [1.29, 1.82) is 0 Å². The largest absolute Gasteiger partial charge is 0.388 e. The number of halogens is 1. The van der Waals surface area contributed by atoms with Gasteiger partial charge in [-0.2, -0.15) is 0 Å². The third-order valence-corrected chi connectivity index (χ3v) is 3.21. The number of hydrogen-bond acceptors (Lipinski definition) is 3. The van der Waals surface area contributed by atoms with Gasteiger partial charge in [0, 0.05) is 25.4 Å². The predicted molar refractivity (Wildman–Crippen MR) is 78.0 cm³/mol. The molecule has 1 aromatic carbocycles. The number of ketones is 1. The smallest absolute Gasteiger partial charge is 0.187 e. The fraction of sp³-hybridized carbons (Fsp3) is 0.200. The molecule has 0 aliphatic carbocycles. The summed E-state index contributed by atoms with van der Waals surface area (Å²) in [5, 5.41) is 3.48. The molecule has 0 saturated heterocycles. The minimum Gasteiger partial charge on any atom is -0.388 e. The monoisotopic (exact) mass is 274 g/mol. The van der Waals surface area contributed by atoms with E-state index in [4.69, 9.17) is 11.6 Å². The van der Waals surface area contributed by atoms with Gasteiger partial charge in [-0.3, -0.25) is 9.78 Å². The standard InChI is InChI=1S/C15H15ClN2O/c1-10-5-6-13(17-2)11(8-10)9-14(19)15-12(16)4-3-7-18-15/h3-8,17H,9H2,1-2H3. The van der Waals surface area contributed by atoms with Crippen molar-refractivity contribution < 1.29 is 4.79 Å². The molecule has 98 valence electrons. The Labute approximate surface area is 117 Å². The molecule has 0 fully saturated rings. The maximum Gasteiger partial charge on any atom is 0.187 e. The molecule has 4 heteroatoms. The number of hydrogen-bond donors (Lipinski definition) is 1. The summed E-state index contributed by atoms with van der Waals surface area (Å²) in [4.78, 5) is 16.3. The van der Waals surface area contributed by atoms with Gasteiger partial charge in [0.15, 0.2) is 5.78 Å².